The number of carbonyl (C=O) groups excluding carboxylic acids is 1. The summed E-state index contributed by atoms with van der Waals surface area (Å²) in [6, 6.07) is 2.26. The molecule has 0 saturated carbocycles. The number of nitrogens with one attached hydrogen (secondary N) is 1. The normalized spacial score (nSPS) is 24.8. The van der Waals surface area contributed by atoms with Crippen molar-refractivity contribution >= 4 is 17.2 Å². The Morgan fingerprint density at radius 2 is 2.15 bits per heavy atom. The zero-order chi connectivity index (χ0) is 13.8. The lowest BCUT2D eigenvalue weighted by molar-refractivity contribution is -0.135. The molecule has 1 atom stereocenters. The van der Waals surface area contributed by atoms with Gasteiger partial charge in [-0.1, -0.05) is 6.42 Å². The minimum atomic E-state index is 0.0761. The molecule has 4 nitrogen and oxygen atoms in total. The first kappa shape index (κ1) is 14.0. The first-order valence-corrected chi connectivity index (χ1v) is 8.53. The van der Waals surface area contributed by atoms with E-state index in [9.17, 15) is 4.79 Å². The van der Waals surface area contributed by atoms with Gasteiger partial charge >= 0.3 is 0 Å². The molecule has 2 fully saturated rings. The number of hydrogen-bond acceptors (Lipinski definition) is 4. The molecule has 0 aromatic carbocycles. The maximum absolute atomic E-state index is 12.4. The number of carbonyl (C=O) groups is 1. The van der Waals surface area contributed by atoms with Crippen LogP contribution in [-0.2, 0) is 11.3 Å². The van der Waals surface area contributed by atoms with E-state index in [1.807, 2.05) is 4.90 Å². The molecule has 0 radical (unpaired) electrons. The van der Waals surface area contributed by atoms with Crippen molar-refractivity contribution in [3.05, 3.63) is 22.4 Å². The quantitative estimate of drug-likeness (QED) is 0.918. The average Bonchev–Trinajstić information content (AvgIpc) is 3.01. The van der Waals surface area contributed by atoms with Crippen molar-refractivity contribution in [2.45, 2.75) is 31.8 Å². The van der Waals surface area contributed by atoms with Crippen LogP contribution in [0.4, 0.5) is 0 Å². The Morgan fingerprint density at radius 3 is 2.80 bits per heavy atom. The Balaban J connectivity index is 1.46. The van der Waals surface area contributed by atoms with E-state index in [0.717, 1.165) is 45.7 Å². The summed E-state index contributed by atoms with van der Waals surface area (Å²) in [5, 5.41) is 7.70. The predicted molar refractivity (Wildman–Crippen MR) is 81.8 cm³/mol. The lowest BCUT2D eigenvalue weighted by Gasteiger charge is -2.37. The second-order valence-corrected chi connectivity index (χ2v) is 6.52. The zero-order valence-corrected chi connectivity index (χ0v) is 12.7. The fourth-order valence-electron chi connectivity index (χ4n) is 3.05. The molecule has 110 valence electrons. The van der Waals surface area contributed by atoms with Crippen molar-refractivity contribution in [3.8, 4) is 0 Å². The molecule has 0 aliphatic carbocycles. The summed E-state index contributed by atoms with van der Waals surface area (Å²) in [7, 11) is 0. The summed E-state index contributed by atoms with van der Waals surface area (Å²) in [6.45, 7) is 5.76. The molecule has 0 bridgehead atoms. The Hall–Kier alpha value is -0.910. The van der Waals surface area contributed by atoms with E-state index in [4.69, 9.17) is 0 Å². The number of piperidine rings is 1. The first-order valence-electron chi connectivity index (χ1n) is 7.58. The third-order valence-electron chi connectivity index (χ3n) is 4.28. The molecule has 2 saturated heterocycles. The van der Waals surface area contributed by atoms with Gasteiger partial charge in [-0.2, -0.15) is 11.3 Å². The van der Waals surface area contributed by atoms with Gasteiger partial charge in [-0.3, -0.25) is 9.69 Å². The minimum Gasteiger partial charge on any atom is -0.339 e. The highest BCUT2D eigenvalue weighted by atomic mass is 32.1. The Morgan fingerprint density at radius 1 is 1.30 bits per heavy atom. The number of nitrogens with zero attached hydrogens (tertiary/aromatic N) is 2. The van der Waals surface area contributed by atoms with Gasteiger partial charge in [0.1, 0.15) is 0 Å². The van der Waals surface area contributed by atoms with Gasteiger partial charge < -0.3 is 10.2 Å². The standard InChI is InChI=1S/C15H23N3OS/c19-15(14-3-1-2-5-16-14)18-8-6-17(7-9-18)11-13-4-10-20-12-13/h4,10,12,14,16H,1-3,5-9,11H2. The SMILES string of the molecule is O=C(C1CCCCN1)N1CCN(Cc2ccsc2)CC1. The van der Waals surface area contributed by atoms with E-state index in [1.165, 1.54) is 18.4 Å². The molecule has 1 aromatic rings. The highest BCUT2D eigenvalue weighted by Gasteiger charge is 2.28. The Bertz CT molecular complexity index is 420. The molecule has 2 aliphatic heterocycles. The van der Waals surface area contributed by atoms with Crippen molar-refractivity contribution in [1.82, 2.24) is 15.1 Å². The highest BCUT2D eigenvalue weighted by molar-refractivity contribution is 7.07. The van der Waals surface area contributed by atoms with E-state index < -0.39 is 0 Å². The highest BCUT2D eigenvalue weighted by Crippen LogP contribution is 2.14. The largest absolute Gasteiger partial charge is 0.339 e. The van der Waals surface area contributed by atoms with Crippen molar-refractivity contribution in [2.24, 2.45) is 0 Å². The first-order chi connectivity index (χ1) is 9.83. The second-order valence-electron chi connectivity index (χ2n) is 5.74. The topological polar surface area (TPSA) is 35.6 Å². The maximum atomic E-state index is 12.4. The Kier molecular flexibility index (Phi) is 4.70. The van der Waals surface area contributed by atoms with Crippen LogP contribution in [0.25, 0.3) is 0 Å². The molecule has 0 spiro atoms. The summed E-state index contributed by atoms with van der Waals surface area (Å²) >= 11 is 1.75. The third kappa shape index (κ3) is 3.40. The number of amides is 1. The van der Waals surface area contributed by atoms with Gasteiger partial charge in [-0.05, 0) is 41.8 Å². The van der Waals surface area contributed by atoms with Crippen LogP contribution < -0.4 is 5.32 Å². The smallest absolute Gasteiger partial charge is 0.239 e. The third-order valence-corrected chi connectivity index (χ3v) is 5.01. The van der Waals surface area contributed by atoms with Crippen LogP contribution >= 0.6 is 11.3 Å². The number of thiophene rings is 1. The molecule has 1 amide bonds. The summed E-state index contributed by atoms with van der Waals surface area (Å²) in [4.78, 5) is 16.9. The lowest BCUT2D eigenvalue weighted by atomic mass is 10.0. The van der Waals surface area contributed by atoms with E-state index in [1.54, 1.807) is 11.3 Å². The fourth-order valence-corrected chi connectivity index (χ4v) is 3.71. The number of piperazine rings is 1. The summed E-state index contributed by atoms with van der Waals surface area (Å²) in [5.74, 6) is 0.319. The van der Waals surface area contributed by atoms with Gasteiger partial charge in [0.2, 0.25) is 5.91 Å². The van der Waals surface area contributed by atoms with E-state index >= 15 is 0 Å². The molecule has 5 heteroatoms. The van der Waals surface area contributed by atoms with Crippen LogP contribution in [0.15, 0.2) is 16.8 Å². The summed E-state index contributed by atoms with van der Waals surface area (Å²) in [6.07, 6.45) is 3.40. The second kappa shape index (κ2) is 6.70. The summed E-state index contributed by atoms with van der Waals surface area (Å²) < 4.78 is 0. The van der Waals surface area contributed by atoms with Crippen molar-refractivity contribution < 1.29 is 4.79 Å². The van der Waals surface area contributed by atoms with E-state index in [-0.39, 0.29) is 6.04 Å². The van der Waals surface area contributed by atoms with Gasteiger partial charge in [0.05, 0.1) is 6.04 Å². The van der Waals surface area contributed by atoms with Gasteiger partial charge in [-0.25, -0.2) is 0 Å². The fraction of sp³-hybridized carbons (Fsp3) is 0.667. The van der Waals surface area contributed by atoms with Crippen LogP contribution in [0.3, 0.4) is 0 Å². The van der Waals surface area contributed by atoms with Gasteiger partial charge in [-0.15, -0.1) is 0 Å². The van der Waals surface area contributed by atoms with Gasteiger partial charge in [0.25, 0.3) is 0 Å². The predicted octanol–water partition coefficient (Wildman–Crippen LogP) is 1.53. The molecular weight excluding hydrogens is 270 g/mol. The van der Waals surface area contributed by atoms with E-state index in [0.29, 0.717) is 5.91 Å². The van der Waals surface area contributed by atoms with Crippen molar-refractivity contribution in [2.75, 3.05) is 32.7 Å². The van der Waals surface area contributed by atoms with Crippen LogP contribution in [-0.4, -0.2) is 54.5 Å². The van der Waals surface area contributed by atoms with Crippen LogP contribution in [0.2, 0.25) is 0 Å². The molecule has 20 heavy (non-hydrogen) atoms. The maximum Gasteiger partial charge on any atom is 0.239 e. The van der Waals surface area contributed by atoms with Crippen LogP contribution in [0.1, 0.15) is 24.8 Å². The molecular formula is C15H23N3OS. The lowest BCUT2D eigenvalue weighted by Crippen LogP contribution is -2.54. The monoisotopic (exact) mass is 293 g/mol. The molecule has 1 aromatic heterocycles. The molecule has 1 unspecified atom stereocenters. The number of rotatable bonds is 3. The molecule has 3 heterocycles. The zero-order valence-electron chi connectivity index (χ0n) is 11.9. The van der Waals surface area contributed by atoms with Crippen LogP contribution in [0, 0.1) is 0 Å². The number of hydrogen-bond donors (Lipinski definition) is 1. The average molecular weight is 293 g/mol. The van der Waals surface area contributed by atoms with Gasteiger partial charge in [0, 0.05) is 32.7 Å². The van der Waals surface area contributed by atoms with E-state index in [2.05, 4.69) is 27.0 Å². The van der Waals surface area contributed by atoms with Crippen molar-refractivity contribution in [1.29, 1.82) is 0 Å². The van der Waals surface area contributed by atoms with Crippen molar-refractivity contribution in [3.63, 3.8) is 0 Å². The van der Waals surface area contributed by atoms with Gasteiger partial charge in [0.15, 0.2) is 0 Å². The molecule has 1 N–H and O–H groups in total. The Labute approximate surface area is 124 Å². The molecule has 2 aliphatic rings. The van der Waals surface area contributed by atoms with Crippen LogP contribution in [0.5, 0.6) is 0 Å². The minimum absolute atomic E-state index is 0.0761. The molecule has 3 rings (SSSR count). The summed E-state index contributed by atoms with van der Waals surface area (Å²) in [5.41, 5.74) is 1.39.